The standard InChI is InChI=1S/C22H24F2N2O4/c1-25-19(27)15-7-5-6-14(12-15)17-13-16(8-9-18(17)30-20(23)24)22(26-21(28)29)10-3-2-4-11-22/h5-9,12-13,20,26H,2-4,10-11H2,1H3,(H,25,27)(H,28,29). The van der Waals surface area contributed by atoms with Crippen molar-refractivity contribution in [2.75, 3.05) is 7.05 Å². The number of hydrogen-bond donors (Lipinski definition) is 3. The number of halogens is 2. The van der Waals surface area contributed by atoms with Crippen LogP contribution in [0.1, 0.15) is 48.0 Å². The van der Waals surface area contributed by atoms with Crippen molar-refractivity contribution in [3.63, 3.8) is 0 Å². The van der Waals surface area contributed by atoms with E-state index >= 15 is 0 Å². The second-order valence-electron chi connectivity index (χ2n) is 7.32. The van der Waals surface area contributed by atoms with E-state index in [-0.39, 0.29) is 11.7 Å². The van der Waals surface area contributed by atoms with Gasteiger partial charge in [0.2, 0.25) is 0 Å². The van der Waals surface area contributed by atoms with Crippen molar-refractivity contribution >= 4 is 12.0 Å². The van der Waals surface area contributed by atoms with Crippen molar-refractivity contribution in [1.82, 2.24) is 10.6 Å². The van der Waals surface area contributed by atoms with E-state index in [4.69, 9.17) is 4.74 Å². The summed E-state index contributed by atoms with van der Waals surface area (Å²) >= 11 is 0. The fourth-order valence-electron chi connectivity index (χ4n) is 4.07. The van der Waals surface area contributed by atoms with E-state index < -0.39 is 18.2 Å². The number of nitrogens with one attached hydrogen (secondary N) is 2. The zero-order valence-electron chi connectivity index (χ0n) is 16.6. The molecule has 6 nitrogen and oxygen atoms in total. The van der Waals surface area contributed by atoms with E-state index in [0.717, 1.165) is 19.3 Å². The van der Waals surface area contributed by atoms with Gasteiger partial charge in [-0.25, -0.2) is 4.79 Å². The van der Waals surface area contributed by atoms with Gasteiger partial charge in [0.25, 0.3) is 5.91 Å². The molecule has 1 fully saturated rings. The van der Waals surface area contributed by atoms with Crippen LogP contribution < -0.4 is 15.4 Å². The number of hydrogen-bond acceptors (Lipinski definition) is 3. The predicted octanol–water partition coefficient (Wildman–Crippen LogP) is 4.74. The Morgan fingerprint density at radius 1 is 1.10 bits per heavy atom. The van der Waals surface area contributed by atoms with Crippen LogP contribution in [0, 0.1) is 0 Å². The van der Waals surface area contributed by atoms with Crippen LogP contribution in [0.2, 0.25) is 0 Å². The van der Waals surface area contributed by atoms with E-state index in [1.54, 1.807) is 36.4 Å². The molecule has 1 saturated carbocycles. The van der Waals surface area contributed by atoms with Crippen LogP contribution in [0.4, 0.5) is 13.6 Å². The Labute approximate surface area is 173 Å². The molecular formula is C22H24F2N2O4. The lowest BCUT2D eigenvalue weighted by atomic mass is 9.76. The smallest absolute Gasteiger partial charge is 0.405 e. The maximum Gasteiger partial charge on any atom is 0.405 e. The molecular weight excluding hydrogens is 394 g/mol. The summed E-state index contributed by atoms with van der Waals surface area (Å²) in [4.78, 5) is 23.5. The Morgan fingerprint density at radius 3 is 2.47 bits per heavy atom. The SMILES string of the molecule is CNC(=O)c1cccc(-c2cc(C3(NC(=O)O)CCCCC3)ccc2OC(F)F)c1. The van der Waals surface area contributed by atoms with Crippen molar-refractivity contribution in [2.24, 2.45) is 0 Å². The van der Waals surface area contributed by atoms with Crippen molar-refractivity contribution in [1.29, 1.82) is 0 Å². The lowest BCUT2D eigenvalue weighted by Crippen LogP contribution is -2.46. The first-order valence-corrected chi connectivity index (χ1v) is 9.77. The summed E-state index contributed by atoms with van der Waals surface area (Å²) in [5.74, 6) is -0.343. The summed E-state index contributed by atoms with van der Waals surface area (Å²) in [7, 11) is 1.51. The zero-order valence-corrected chi connectivity index (χ0v) is 16.6. The zero-order chi connectivity index (χ0) is 21.7. The van der Waals surface area contributed by atoms with Crippen LogP contribution in [0.3, 0.4) is 0 Å². The number of ether oxygens (including phenoxy) is 1. The number of alkyl halides is 2. The maximum absolute atomic E-state index is 13.0. The quantitative estimate of drug-likeness (QED) is 0.632. The second kappa shape index (κ2) is 9.11. The number of carbonyl (C=O) groups excluding carboxylic acids is 1. The topological polar surface area (TPSA) is 87.7 Å². The van der Waals surface area contributed by atoms with Crippen LogP contribution in [-0.4, -0.2) is 30.8 Å². The van der Waals surface area contributed by atoms with Gasteiger partial charge in [0.05, 0.1) is 5.54 Å². The first-order chi connectivity index (χ1) is 14.3. The monoisotopic (exact) mass is 418 g/mol. The van der Waals surface area contributed by atoms with E-state index in [1.165, 1.54) is 13.1 Å². The summed E-state index contributed by atoms with van der Waals surface area (Å²) < 4.78 is 30.7. The van der Waals surface area contributed by atoms with Gasteiger partial charge in [0, 0.05) is 18.2 Å². The minimum absolute atomic E-state index is 0.0379. The Morgan fingerprint density at radius 2 is 1.83 bits per heavy atom. The Bertz CT molecular complexity index is 927. The molecule has 0 atom stereocenters. The fourth-order valence-corrected chi connectivity index (χ4v) is 4.07. The van der Waals surface area contributed by atoms with Crippen molar-refractivity contribution in [3.8, 4) is 16.9 Å². The van der Waals surface area contributed by atoms with Crippen LogP contribution in [0.5, 0.6) is 5.75 Å². The highest BCUT2D eigenvalue weighted by Crippen LogP contribution is 2.41. The summed E-state index contributed by atoms with van der Waals surface area (Å²) in [5, 5.41) is 14.6. The Hall–Kier alpha value is -3.16. The first kappa shape index (κ1) is 21.5. The molecule has 3 N–H and O–H groups in total. The normalized spacial score (nSPS) is 15.5. The molecule has 0 radical (unpaired) electrons. The highest BCUT2D eigenvalue weighted by atomic mass is 19.3. The van der Waals surface area contributed by atoms with E-state index in [1.807, 2.05) is 0 Å². The van der Waals surface area contributed by atoms with Gasteiger partial charge < -0.3 is 20.5 Å². The molecule has 0 aliphatic heterocycles. The molecule has 1 aliphatic carbocycles. The summed E-state index contributed by atoms with van der Waals surface area (Å²) in [5.41, 5.74) is 1.16. The lowest BCUT2D eigenvalue weighted by molar-refractivity contribution is -0.0494. The van der Waals surface area contributed by atoms with Gasteiger partial charge in [-0.1, -0.05) is 37.5 Å². The molecule has 0 bridgehead atoms. The van der Waals surface area contributed by atoms with E-state index in [2.05, 4.69) is 10.6 Å². The molecule has 8 heteroatoms. The highest BCUT2D eigenvalue weighted by Gasteiger charge is 2.36. The predicted molar refractivity (Wildman–Crippen MR) is 108 cm³/mol. The fraction of sp³-hybridized carbons (Fsp3) is 0.364. The Kier molecular flexibility index (Phi) is 6.54. The van der Waals surface area contributed by atoms with E-state index in [0.29, 0.717) is 35.1 Å². The van der Waals surface area contributed by atoms with E-state index in [9.17, 15) is 23.5 Å². The minimum atomic E-state index is -3.02. The molecule has 1 aliphatic rings. The van der Waals surface area contributed by atoms with Crippen molar-refractivity contribution in [3.05, 3.63) is 53.6 Å². The molecule has 160 valence electrons. The molecule has 0 heterocycles. The molecule has 0 spiro atoms. The largest absolute Gasteiger partial charge is 0.465 e. The van der Waals surface area contributed by atoms with Crippen LogP contribution in [0.15, 0.2) is 42.5 Å². The molecule has 0 saturated heterocycles. The number of rotatable bonds is 6. The van der Waals surface area contributed by atoms with Gasteiger partial charge in [0.15, 0.2) is 0 Å². The molecule has 2 amide bonds. The first-order valence-electron chi connectivity index (χ1n) is 9.77. The van der Waals surface area contributed by atoms with Gasteiger partial charge in [-0.05, 0) is 48.2 Å². The molecule has 3 rings (SSSR count). The molecule has 0 aromatic heterocycles. The summed E-state index contributed by atoms with van der Waals surface area (Å²) in [6.07, 6.45) is 2.83. The lowest BCUT2D eigenvalue weighted by Gasteiger charge is -2.38. The number of benzene rings is 2. The maximum atomic E-state index is 13.0. The molecule has 0 unspecified atom stereocenters. The van der Waals surface area contributed by atoms with Crippen LogP contribution in [0.25, 0.3) is 11.1 Å². The van der Waals surface area contributed by atoms with Crippen molar-refractivity contribution < 1.29 is 28.2 Å². The van der Waals surface area contributed by atoms with Crippen molar-refractivity contribution in [2.45, 2.75) is 44.3 Å². The van der Waals surface area contributed by atoms with Crippen LogP contribution in [-0.2, 0) is 5.54 Å². The summed E-state index contributed by atoms with van der Waals surface area (Å²) in [6.45, 7) is -3.02. The van der Waals surface area contributed by atoms with Gasteiger partial charge in [0.1, 0.15) is 5.75 Å². The second-order valence-corrected chi connectivity index (χ2v) is 7.32. The average molecular weight is 418 g/mol. The van der Waals surface area contributed by atoms with Gasteiger partial charge in [-0.3, -0.25) is 4.79 Å². The van der Waals surface area contributed by atoms with Crippen LogP contribution >= 0.6 is 0 Å². The van der Waals surface area contributed by atoms with Gasteiger partial charge in [-0.2, -0.15) is 8.78 Å². The minimum Gasteiger partial charge on any atom is -0.465 e. The number of carbonyl (C=O) groups is 2. The molecule has 2 aromatic rings. The molecule has 2 aromatic carbocycles. The Balaban J connectivity index is 2.13. The number of carboxylic acid groups (broad SMARTS) is 1. The third-order valence-electron chi connectivity index (χ3n) is 5.46. The van der Waals surface area contributed by atoms with Gasteiger partial charge in [-0.15, -0.1) is 0 Å². The summed E-state index contributed by atoms with van der Waals surface area (Å²) in [6, 6.07) is 11.3. The highest BCUT2D eigenvalue weighted by molar-refractivity contribution is 5.95. The number of amides is 2. The van der Waals surface area contributed by atoms with Gasteiger partial charge >= 0.3 is 12.7 Å². The third-order valence-corrected chi connectivity index (χ3v) is 5.46. The average Bonchev–Trinajstić information content (AvgIpc) is 2.73. The third kappa shape index (κ3) is 4.69. The molecule has 30 heavy (non-hydrogen) atoms.